The average molecular weight is 194 g/mol. The maximum absolute atomic E-state index is 8.68. The van der Waals surface area contributed by atoms with Crippen LogP contribution in [0.1, 0.15) is 6.42 Å². The molecular formula is C10H18N2Si. The Labute approximate surface area is 81.9 Å². The minimum Gasteiger partial charge on any atom is -0.302 e. The minimum absolute atomic E-state index is 0.945. The lowest BCUT2D eigenvalue weighted by atomic mass is 10.1. The molecule has 0 fully saturated rings. The zero-order chi connectivity index (χ0) is 9.90. The molecule has 1 rings (SSSR count). The highest BCUT2D eigenvalue weighted by atomic mass is 28.3. The Morgan fingerprint density at radius 2 is 2.23 bits per heavy atom. The van der Waals surface area contributed by atoms with E-state index in [1.165, 1.54) is 6.17 Å². The predicted octanol–water partition coefficient (Wildman–Crippen LogP) is 2.02. The first-order chi connectivity index (χ1) is 6.01. The Balaban J connectivity index is 2.43. The molecule has 1 aliphatic rings. The molecule has 0 aromatic rings. The monoisotopic (exact) mass is 194 g/mol. The van der Waals surface area contributed by atoms with Crippen molar-refractivity contribution in [2.24, 2.45) is 0 Å². The topological polar surface area (TPSA) is 27.0 Å². The van der Waals surface area contributed by atoms with Gasteiger partial charge < -0.3 is 4.90 Å². The highest BCUT2D eigenvalue weighted by molar-refractivity contribution is 6.76. The molecule has 2 nitrogen and oxygen atoms in total. The van der Waals surface area contributed by atoms with E-state index >= 15 is 0 Å². The first kappa shape index (κ1) is 10.5. The summed E-state index contributed by atoms with van der Waals surface area (Å²) in [6.07, 6.45) is 4.27. The fourth-order valence-electron chi connectivity index (χ4n) is 1.63. The van der Waals surface area contributed by atoms with Crippen molar-refractivity contribution in [2.75, 3.05) is 19.3 Å². The van der Waals surface area contributed by atoms with Gasteiger partial charge in [0.05, 0.1) is 14.1 Å². The van der Waals surface area contributed by atoms with Crippen LogP contribution in [0.2, 0.25) is 19.6 Å². The molecule has 13 heavy (non-hydrogen) atoms. The van der Waals surface area contributed by atoms with Gasteiger partial charge in [-0.15, -0.1) is 0 Å². The molecule has 0 unspecified atom stereocenters. The average Bonchev–Trinajstić information content (AvgIpc) is 2.03. The van der Waals surface area contributed by atoms with E-state index in [9.17, 15) is 0 Å². The van der Waals surface area contributed by atoms with Gasteiger partial charge in [-0.1, -0.05) is 25.7 Å². The quantitative estimate of drug-likeness (QED) is 0.629. The van der Waals surface area contributed by atoms with Crippen LogP contribution in [0.4, 0.5) is 0 Å². The van der Waals surface area contributed by atoms with Crippen LogP contribution < -0.4 is 0 Å². The van der Waals surface area contributed by atoms with Crippen molar-refractivity contribution in [1.82, 2.24) is 4.90 Å². The summed E-state index contributed by atoms with van der Waals surface area (Å²) in [5.74, 6) is 0. The summed E-state index contributed by atoms with van der Waals surface area (Å²) in [6.45, 7) is 9.21. The molecular weight excluding hydrogens is 176 g/mol. The second kappa shape index (κ2) is 4.08. The molecule has 1 aliphatic heterocycles. The summed E-state index contributed by atoms with van der Waals surface area (Å²) in [7, 11) is -0.963. The van der Waals surface area contributed by atoms with Gasteiger partial charge >= 0.3 is 0 Å². The molecule has 3 heteroatoms. The lowest BCUT2D eigenvalue weighted by molar-refractivity contribution is 0.338. The molecule has 72 valence electrons. The molecule has 0 aliphatic carbocycles. The van der Waals surface area contributed by atoms with Crippen LogP contribution in [-0.2, 0) is 0 Å². The molecule has 0 bridgehead atoms. The van der Waals surface area contributed by atoms with E-state index in [4.69, 9.17) is 5.26 Å². The fourth-order valence-corrected chi connectivity index (χ4v) is 3.26. The van der Waals surface area contributed by atoms with E-state index in [1.807, 2.05) is 0 Å². The fraction of sp³-hybridized carbons (Fsp3) is 0.700. The van der Waals surface area contributed by atoms with E-state index in [0.29, 0.717) is 0 Å². The SMILES string of the molecule is C[Si](C)(C)CN1CC=C(C#N)CC1. The molecule has 0 N–H and O–H groups in total. The number of nitrogens with zero attached hydrogens (tertiary/aromatic N) is 2. The molecule has 1 heterocycles. The summed E-state index contributed by atoms with van der Waals surface area (Å²) >= 11 is 0. The Hall–Kier alpha value is -0.593. The van der Waals surface area contributed by atoms with Crippen molar-refractivity contribution >= 4 is 8.07 Å². The Morgan fingerprint density at radius 1 is 1.54 bits per heavy atom. The number of hydrogen-bond donors (Lipinski definition) is 0. The third-order valence-corrected chi connectivity index (χ3v) is 3.53. The van der Waals surface area contributed by atoms with Crippen LogP contribution in [0.3, 0.4) is 0 Å². The third-order valence-electron chi connectivity index (χ3n) is 2.13. The maximum Gasteiger partial charge on any atom is 0.0944 e. The molecule has 0 saturated heterocycles. The van der Waals surface area contributed by atoms with Gasteiger partial charge in [-0.25, -0.2) is 0 Å². The zero-order valence-electron chi connectivity index (χ0n) is 8.80. The van der Waals surface area contributed by atoms with Gasteiger partial charge in [-0.2, -0.15) is 5.26 Å². The molecule has 0 aromatic heterocycles. The number of rotatable bonds is 2. The Morgan fingerprint density at radius 3 is 2.62 bits per heavy atom. The first-order valence-corrected chi connectivity index (χ1v) is 8.53. The predicted molar refractivity (Wildman–Crippen MR) is 58.1 cm³/mol. The molecule has 0 spiro atoms. The molecule has 0 aromatic carbocycles. The lowest BCUT2D eigenvalue weighted by Crippen LogP contribution is -2.42. The first-order valence-electron chi connectivity index (χ1n) is 4.83. The van der Waals surface area contributed by atoms with Gasteiger partial charge in [0.1, 0.15) is 0 Å². The van der Waals surface area contributed by atoms with Gasteiger partial charge in [0.25, 0.3) is 0 Å². The summed E-state index contributed by atoms with van der Waals surface area (Å²) in [4.78, 5) is 2.47. The summed E-state index contributed by atoms with van der Waals surface area (Å²) in [5, 5.41) is 8.68. The van der Waals surface area contributed by atoms with E-state index in [1.54, 1.807) is 0 Å². The number of hydrogen-bond acceptors (Lipinski definition) is 2. The lowest BCUT2D eigenvalue weighted by Gasteiger charge is -2.30. The molecule has 0 amide bonds. The third kappa shape index (κ3) is 3.75. The van der Waals surface area contributed by atoms with Crippen molar-refractivity contribution < 1.29 is 0 Å². The summed E-state index contributed by atoms with van der Waals surface area (Å²) < 4.78 is 0. The second-order valence-corrected chi connectivity index (χ2v) is 10.3. The van der Waals surface area contributed by atoms with Crippen molar-refractivity contribution in [3.63, 3.8) is 0 Å². The highest BCUT2D eigenvalue weighted by Crippen LogP contribution is 2.12. The van der Waals surface area contributed by atoms with Gasteiger partial charge in [0, 0.05) is 18.7 Å². The molecule has 0 radical (unpaired) electrons. The van der Waals surface area contributed by atoms with Crippen molar-refractivity contribution in [3.05, 3.63) is 11.6 Å². The summed E-state index contributed by atoms with van der Waals surface area (Å²) in [5.41, 5.74) is 0.965. The van der Waals surface area contributed by atoms with Gasteiger partial charge in [0.2, 0.25) is 0 Å². The van der Waals surface area contributed by atoms with Crippen LogP contribution in [0, 0.1) is 11.3 Å². The molecule has 0 saturated carbocycles. The highest BCUT2D eigenvalue weighted by Gasteiger charge is 2.19. The maximum atomic E-state index is 8.68. The van der Waals surface area contributed by atoms with Crippen LogP contribution in [0.15, 0.2) is 11.6 Å². The van der Waals surface area contributed by atoms with Crippen LogP contribution >= 0.6 is 0 Å². The van der Waals surface area contributed by atoms with Crippen LogP contribution in [0.5, 0.6) is 0 Å². The summed E-state index contributed by atoms with van der Waals surface area (Å²) in [6, 6.07) is 2.23. The van der Waals surface area contributed by atoms with E-state index < -0.39 is 8.07 Å². The van der Waals surface area contributed by atoms with Crippen molar-refractivity contribution in [1.29, 1.82) is 5.26 Å². The largest absolute Gasteiger partial charge is 0.302 e. The van der Waals surface area contributed by atoms with Crippen molar-refractivity contribution in [2.45, 2.75) is 26.1 Å². The number of nitriles is 1. The Bertz CT molecular complexity index is 245. The smallest absolute Gasteiger partial charge is 0.0944 e. The zero-order valence-corrected chi connectivity index (χ0v) is 9.80. The second-order valence-electron chi connectivity index (χ2n) is 4.89. The van der Waals surface area contributed by atoms with Crippen LogP contribution in [-0.4, -0.2) is 32.2 Å². The van der Waals surface area contributed by atoms with E-state index in [-0.39, 0.29) is 0 Å². The Kier molecular flexibility index (Phi) is 3.29. The van der Waals surface area contributed by atoms with Crippen LogP contribution in [0.25, 0.3) is 0 Å². The van der Waals surface area contributed by atoms with Crippen molar-refractivity contribution in [3.8, 4) is 6.07 Å². The van der Waals surface area contributed by atoms with E-state index in [0.717, 1.165) is 25.1 Å². The molecule has 0 atom stereocenters. The van der Waals surface area contributed by atoms with E-state index in [2.05, 4.69) is 36.7 Å². The normalized spacial score (nSPS) is 19.4. The van der Waals surface area contributed by atoms with Gasteiger partial charge in [0.15, 0.2) is 0 Å². The van der Waals surface area contributed by atoms with Gasteiger partial charge in [-0.05, 0) is 12.6 Å². The van der Waals surface area contributed by atoms with Gasteiger partial charge in [-0.3, -0.25) is 0 Å². The standard InChI is InChI=1S/C10H18N2Si/c1-13(2,3)9-12-6-4-10(8-11)5-7-12/h4H,5-7,9H2,1-3H3. The minimum atomic E-state index is -0.963.